The average Bonchev–Trinajstić information content (AvgIpc) is 3.63. The van der Waals surface area contributed by atoms with E-state index in [9.17, 15) is 18.0 Å². The molecule has 0 aliphatic carbocycles. The van der Waals surface area contributed by atoms with Gasteiger partial charge in [0.25, 0.3) is 5.91 Å². The summed E-state index contributed by atoms with van der Waals surface area (Å²) in [5, 5.41) is 0.456. The lowest BCUT2D eigenvalue weighted by molar-refractivity contribution is 0.00592. The van der Waals surface area contributed by atoms with Gasteiger partial charge in [-0.2, -0.15) is 4.31 Å². The fraction of sp³-hybridized carbons (Fsp3) is 0.241. The third kappa shape index (κ3) is 4.85. The van der Waals surface area contributed by atoms with E-state index in [2.05, 4.69) is 14.7 Å². The molecule has 12 heteroatoms. The molecule has 0 bridgehead atoms. The number of carbonyl (C=O) groups excluding carboxylic acids is 2. The van der Waals surface area contributed by atoms with Crippen LogP contribution in [-0.2, 0) is 32.6 Å². The second kappa shape index (κ2) is 10.5. The Bertz CT molecular complexity index is 1770. The molecule has 1 unspecified atom stereocenters. The first-order valence-corrected chi connectivity index (χ1v) is 14.5. The third-order valence-corrected chi connectivity index (χ3v) is 9.33. The molecule has 2 aliphatic rings. The van der Waals surface area contributed by atoms with E-state index in [0.717, 1.165) is 11.1 Å². The number of nitrogens with zero attached hydrogens (tertiary/aromatic N) is 4. The summed E-state index contributed by atoms with van der Waals surface area (Å²) in [5.74, 6) is -0.322. The number of carbonyl (C=O) groups is 2. The van der Waals surface area contributed by atoms with Crippen molar-refractivity contribution < 1.29 is 27.5 Å². The normalized spacial score (nSPS) is 17.0. The Morgan fingerprint density at radius 1 is 0.976 bits per heavy atom. The first-order chi connectivity index (χ1) is 19.8. The maximum Gasteiger partial charge on any atom is 0.509 e. The third-order valence-electron chi connectivity index (χ3n) is 7.38. The molecule has 1 aromatic heterocycles. The van der Waals surface area contributed by atoms with Crippen LogP contribution in [0, 0.1) is 0 Å². The lowest BCUT2D eigenvalue weighted by Crippen LogP contribution is -2.38. The molecule has 1 saturated heterocycles. The van der Waals surface area contributed by atoms with Crippen LogP contribution in [0.2, 0.25) is 0 Å². The zero-order valence-electron chi connectivity index (χ0n) is 22.2. The standard InChI is InChI=1S/C29H27N5O6S/c1-39-29(36)40-25-11-6-14-34(25)41(37,38)24-10-5-4-9-21(24)18-12-13-23-22(15-18)26(32-28(30)31-23)27(35)33-16-19-7-2-3-8-20(19)17-33/h2-5,7-10,12-13,15,25H,6,11,14,16-17H2,1H3,(H2,30,31,32). The minimum atomic E-state index is -4.08. The first kappa shape index (κ1) is 26.7. The van der Waals surface area contributed by atoms with Gasteiger partial charge in [0.15, 0.2) is 6.23 Å². The van der Waals surface area contributed by atoms with Gasteiger partial charge in [0.1, 0.15) is 5.69 Å². The number of methoxy groups -OCH3 is 1. The van der Waals surface area contributed by atoms with E-state index < -0.39 is 22.4 Å². The molecule has 1 fully saturated rings. The Labute approximate surface area is 236 Å². The van der Waals surface area contributed by atoms with Crippen LogP contribution in [0.1, 0.15) is 34.5 Å². The summed E-state index contributed by atoms with van der Waals surface area (Å²) in [6.45, 7) is 1.09. The molecule has 1 amide bonds. The van der Waals surface area contributed by atoms with Crippen molar-refractivity contribution >= 4 is 38.9 Å². The van der Waals surface area contributed by atoms with E-state index in [0.29, 0.717) is 48.0 Å². The van der Waals surface area contributed by atoms with E-state index >= 15 is 0 Å². The smallest absolute Gasteiger partial charge is 0.438 e. The molecule has 11 nitrogen and oxygen atoms in total. The molecule has 2 aliphatic heterocycles. The predicted octanol–water partition coefficient (Wildman–Crippen LogP) is 3.93. The van der Waals surface area contributed by atoms with Gasteiger partial charge >= 0.3 is 6.16 Å². The van der Waals surface area contributed by atoms with Crippen LogP contribution in [0.15, 0.2) is 71.6 Å². The summed E-state index contributed by atoms with van der Waals surface area (Å²) >= 11 is 0. The summed E-state index contributed by atoms with van der Waals surface area (Å²) < 4.78 is 38.7. The summed E-state index contributed by atoms with van der Waals surface area (Å²) in [6, 6.07) is 19.6. The Morgan fingerprint density at radius 3 is 2.41 bits per heavy atom. The van der Waals surface area contributed by atoms with Crippen LogP contribution >= 0.6 is 0 Å². The quantitative estimate of drug-likeness (QED) is 0.351. The number of sulfonamides is 1. The Balaban J connectivity index is 1.40. The molecular formula is C29H27N5O6S. The van der Waals surface area contributed by atoms with Gasteiger partial charge in [-0.3, -0.25) is 4.79 Å². The van der Waals surface area contributed by atoms with Crippen molar-refractivity contribution in [2.45, 2.75) is 37.1 Å². The van der Waals surface area contributed by atoms with Crippen LogP contribution < -0.4 is 5.73 Å². The van der Waals surface area contributed by atoms with Gasteiger partial charge in [0, 0.05) is 37.0 Å². The van der Waals surface area contributed by atoms with Crippen LogP contribution in [0.3, 0.4) is 0 Å². The van der Waals surface area contributed by atoms with Gasteiger partial charge in [0.05, 0.1) is 17.5 Å². The Kier molecular flexibility index (Phi) is 6.80. The predicted molar refractivity (Wildman–Crippen MR) is 150 cm³/mol. The number of hydrogen-bond acceptors (Lipinski definition) is 9. The minimum Gasteiger partial charge on any atom is -0.438 e. The van der Waals surface area contributed by atoms with E-state index in [1.807, 2.05) is 24.3 Å². The van der Waals surface area contributed by atoms with Gasteiger partial charge in [0.2, 0.25) is 16.0 Å². The fourth-order valence-electron chi connectivity index (χ4n) is 5.42. The highest BCUT2D eigenvalue weighted by atomic mass is 32.2. The summed E-state index contributed by atoms with van der Waals surface area (Å²) in [5.41, 5.74) is 9.71. The second-order valence-electron chi connectivity index (χ2n) is 9.87. The number of ether oxygens (including phenoxy) is 2. The number of amides is 1. The van der Waals surface area contributed by atoms with Gasteiger partial charge in [-0.05, 0) is 41.3 Å². The maximum absolute atomic E-state index is 13.9. The number of fused-ring (bicyclic) bond motifs is 2. The Morgan fingerprint density at radius 2 is 1.68 bits per heavy atom. The SMILES string of the molecule is COC(=O)OC1CCCN1S(=O)(=O)c1ccccc1-c1ccc2nc(N)nc(C(=O)N3Cc4ccccc4C3)c2c1. The molecule has 1 atom stereocenters. The van der Waals surface area contributed by atoms with Crippen LogP contribution in [0.5, 0.6) is 0 Å². The lowest BCUT2D eigenvalue weighted by atomic mass is 10.0. The lowest BCUT2D eigenvalue weighted by Gasteiger charge is -2.24. The molecule has 3 aromatic carbocycles. The molecule has 210 valence electrons. The van der Waals surface area contributed by atoms with Crippen molar-refractivity contribution in [3.63, 3.8) is 0 Å². The van der Waals surface area contributed by atoms with Gasteiger partial charge in [-0.15, -0.1) is 0 Å². The molecule has 2 N–H and O–H groups in total. The largest absolute Gasteiger partial charge is 0.509 e. The molecule has 41 heavy (non-hydrogen) atoms. The first-order valence-electron chi connectivity index (χ1n) is 13.1. The summed E-state index contributed by atoms with van der Waals surface area (Å²) in [6.07, 6.45) is -1.03. The van der Waals surface area contributed by atoms with Crippen molar-refractivity contribution in [3.8, 4) is 11.1 Å². The highest BCUT2D eigenvalue weighted by Crippen LogP contribution is 2.35. The number of nitrogen functional groups attached to an aromatic ring is 1. The number of hydrogen-bond donors (Lipinski definition) is 1. The summed E-state index contributed by atoms with van der Waals surface area (Å²) in [4.78, 5) is 35.8. The van der Waals surface area contributed by atoms with Gasteiger partial charge in [-0.25, -0.2) is 23.2 Å². The molecule has 0 spiro atoms. The highest BCUT2D eigenvalue weighted by Gasteiger charge is 2.39. The van der Waals surface area contributed by atoms with E-state index in [1.165, 1.54) is 17.5 Å². The topological polar surface area (TPSA) is 145 Å². The maximum atomic E-state index is 13.9. The Hall–Kier alpha value is -4.55. The molecule has 6 rings (SSSR count). The monoisotopic (exact) mass is 573 g/mol. The minimum absolute atomic E-state index is 0.0287. The highest BCUT2D eigenvalue weighted by molar-refractivity contribution is 7.89. The van der Waals surface area contributed by atoms with Crippen LogP contribution in [-0.4, -0.2) is 59.5 Å². The van der Waals surface area contributed by atoms with Gasteiger partial charge in [-0.1, -0.05) is 48.5 Å². The number of rotatable bonds is 5. The van der Waals surface area contributed by atoms with E-state index in [1.54, 1.807) is 41.3 Å². The molecule has 0 saturated carbocycles. The van der Waals surface area contributed by atoms with Crippen molar-refractivity contribution in [2.75, 3.05) is 19.4 Å². The summed E-state index contributed by atoms with van der Waals surface area (Å²) in [7, 11) is -2.91. The molecular weight excluding hydrogens is 546 g/mol. The number of nitrogens with two attached hydrogens (primary N) is 1. The zero-order chi connectivity index (χ0) is 28.7. The van der Waals surface area contributed by atoms with E-state index in [4.69, 9.17) is 10.5 Å². The van der Waals surface area contributed by atoms with Crippen molar-refractivity contribution in [1.29, 1.82) is 0 Å². The van der Waals surface area contributed by atoms with Crippen molar-refractivity contribution in [1.82, 2.24) is 19.2 Å². The van der Waals surface area contributed by atoms with Crippen LogP contribution in [0.25, 0.3) is 22.0 Å². The average molecular weight is 574 g/mol. The van der Waals surface area contributed by atoms with Crippen molar-refractivity contribution in [3.05, 3.63) is 83.6 Å². The molecule has 4 aromatic rings. The zero-order valence-corrected chi connectivity index (χ0v) is 23.0. The number of aromatic nitrogens is 2. The number of anilines is 1. The second-order valence-corrected chi connectivity index (χ2v) is 11.7. The molecule has 0 radical (unpaired) electrons. The van der Waals surface area contributed by atoms with Crippen LogP contribution in [0.4, 0.5) is 10.7 Å². The number of benzene rings is 3. The van der Waals surface area contributed by atoms with E-state index in [-0.39, 0.29) is 29.0 Å². The molecule has 3 heterocycles. The fourth-order valence-corrected chi connectivity index (χ4v) is 7.22. The van der Waals surface area contributed by atoms with Crippen molar-refractivity contribution in [2.24, 2.45) is 0 Å². The van der Waals surface area contributed by atoms with Gasteiger partial charge < -0.3 is 20.1 Å².